The minimum Gasteiger partial charge on any atom is -0.366 e. The molecule has 0 aliphatic carbocycles. The highest BCUT2D eigenvalue weighted by Crippen LogP contribution is 2.34. The Balaban J connectivity index is 0.000000217. The van der Waals surface area contributed by atoms with Crippen molar-refractivity contribution < 1.29 is 0 Å². The van der Waals surface area contributed by atoms with E-state index in [-0.39, 0.29) is 14.9 Å². The number of nitrogens with zero attached hydrogens (tertiary/aromatic N) is 13. The van der Waals surface area contributed by atoms with Crippen molar-refractivity contribution in [3.63, 3.8) is 0 Å². The van der Waals surface area contributed by atoms with E-state index in [1.54, 1.807) is 6.20 Å². The van der Waals surface area contributed by atoms with E-state index >= 15 is 0 Å². The third-order valence-corrected chi connectivity index (χ3v) is 11.2. The Morgan fingerprint density at radius 1 is 0.627 bits per heavy atom. The second-order valence-corrected chi connectivity index (χ2v) is 15.8. The molecule has 2 aliphatic rings. The zero-order valence-corrected chi connectivity index (χ0v) is 35.3. The molecule has 8 rings (SSSR count). The van der Waals surface area contributed by atoms with Crippen molar-refractivity contribution in [2.24, 2.45) is 0 Å². The zero-order valence-electron chi connectivity index (χ0n) is 33.7. The fraction of sp³-hybridized carbons (Fsp3) is 0.400. The smallest absolute Gasteiger partial charge is 0.132 e. The van der Waals surface area contributed by atoms with Crippen LogP contribution in [0.1, 0.15) is 43.5 Å². The van der Waals surface area contributed by atoms with Gasteiger partial charge in [-0.25, -0.2) is 19.9 Å². The number of rotatable bonds is 8. The van der Waals surface area contributed by atoms with Gasteiger partial charge in [-0.3, -0.25) is 9.97 Å². The molecule has 0 radical (unpaired) electrons. The molecule has 0 saturated carbocycles. The molecule has 2 aromatic carbocycles. The van der Waals surface area contributed by atoms with Crippen LogP contribution in [0.3, 0.4) is 0 Å². The van der Waals surface area contributed by atoms with E-state index in [0.29, 0.717) is 18.7 Å². The van der Waals surface area contributed by atoms with Crippen LogP contribution >= 0.6 is 15.9 Å². The Morgan fingerprint density at radius 2 is 1.07 bits per heavy atom. The third-order valence-electron chi connectivity index (χ3n) is 10.5. The summed E-state index contributed by atoms with van der Waals surface area (Å²) in [5.41, 5.74) is 6.31. The minimum absolute atomic E-state index is 0. The number of halogens is 1. The van der Waals surface area contributed by atoms with Crippen LogP contribution in [0.25, 0.3) is 21.8 Å². The van der Waals surface area contributed by atoms with Crippen LogP contribution in [0, 0.1) is 25.2 Å². The summed E-state index contributed by atoms with van der Waals surface area (Å²) in [4.78, 5) is 41.4. The molecule has 0 N–H and O–H groups in total. The number of pyridine rings is 2. The van der Waals surface area contributed by atoms with E-state index in [1.807, 2.05) is 57.4 Å². The maximum absolute atomic E-state index is 9.63. The second kappa shape index (κ2) is 20.0. The van der Waals surface area contributed by atoms with Crippen molar-refractivity contribution >= 4 is 60.7 Å². The van der Waals surface area contributed by atoms with Crippen molar-refractivity contribution in [3.8, 4) is 6.07 Å². The third kappa shape index (κ3) is 10.6. The van der Waals surface area contributed by atoms with Crippen molar-refractivity contribution in [2.75, 3.05) is 100 Å². The summed E-state index contributed by atoms with van der Waals surface area (Å²) in [6.45, 7) is 13.3. The Hall–Kier alpha value is -5.49. The van der Waals surface area contributed by atoms with Gasteiger partial charge in [0, 0.05) is 106 Å². The first-order chi connectivity index (χ1) is 27.6. The van der Waals surface area contributed by atoms with Crippen LogP contribution in [-0.2, 0) is 13.1 Å². The van der Waals surface area contributed by atoms with Crippen LogP contribution in [-0.4, -0.2) is 120 Å². The normalized spacial score (nSPS) is 14.5. The molecule has 0 atom stereocenters. The number of anilines is 4. The van der Waals surface area contributed by atoms with E-state index in [2.05, 4.69) is 128 Å². The Morgan fingerprint density at radius 3 is 1.54 bits per heavy atom. The number of hydrogen-bond donors (Lipinski definition) is 0. The summed E-state index contributed by atoms with van der Waals surface area (Å²) in [7, 11) is 8.38. The molecule has 13 nitrogen and oxygen atoms in total. The van der Waals surface area contributed by atoms with Gasteiger partial charge in [0.05, 0.1) is 52.4 Å². The molecule has 6 heterocycles. The predicted molar refractivity (Wildman–Crippen MR) is 247 cm³/mol. The maximum atomic E-state index is 9.63. The van der Waals surface area contributed by atoms with Crippen LogP contribution in [0.4, 0.5) is 23.0 Å². The second-order valence-electron chi connectivity index (χ2n) is 14.9. The average molecular weight is 861 g/mol. The van der Waals surface area contributed by atoms with Gasteiger partial charge in [0.25, 0.3) is 0 Å². The first-order valence-electron chi connectivity index (χ1n) is 19.4. The van der Waals surface area contributed by atoms with Crippen LogP contribution in [0.5, 0.6) is 0 Å². The number of aryl methyl sites for hydroxylation is 2. The van der Waals surface area contributed by atoms with E-state index in [9.17, 15) is 5.26 Å². The summed E-state index contributed by atoms with van der Waals surface area (Å²) in [5, 5.41) is 11.8. The molecule has 0 unspecified atom stereocenters. The molecule has 0 spiro atoms. The highest BCUT2D eigenvalue weighted by Gasteiger charge is 2.20. The van der Waals surface area contributed by atoms with Gasteiger partial charge >= 0.3 is 0 Å². The molecule has 2 aliphatic heterocycles. The predicted octanol–water partition coefficient (Wildman–Crippen LogP) is 7.35. The van der Waals surface area contributed by atoms with Crippen molar-refractivity contribution in [2.45, 2.75) is 41.8 Å². The lowest BCUT2D eigenvalue weighted by molar-refractivity contribution is 0.312. The first kappa shape index (κ1) is 44.6. The number of benzene rings is 2. The number of hydrogen-bond acceptors (Lipinski definition) is 13. The van der Waals surface area contributed by atoms with Crippen molar-refractivity contribution in [1.82, 2.24) is 39.7 Å². The largest absolute Gasteiger partial charge is 0.366 e. The van der Waals surface area contributed by atoms with Gasteiger partial charge in [-0.1, -0.05) is 39.1 Å². The number of likely N-dealkylation sites (N-methyl/N-ethyl adjacent to an activating group) is 2. The molecule has 4 aromatic heterocycles. The highest BCUT2D eigenvalue weighted by molar-refractivity contribution is 9.10. The lowest BCUT2D eigenvalue weighted by atomic mass is 10.1. The molecule has 310 valence electrons. The number of aromatic nitrogens is 6. The standard InChI is InChI=1S/C22H25N7.C21H25BrN6.2CH4/c1-16-25-19(13-20(26-16)29-11-9-27(2)10-12-29)15-28(3)22-18(14-23)7-6-17-5-4-8-24-21(17)22;1-15-24-17(13-19(25-15)28-11-9-26(2)10-12-28)14-27(3)21-18(22)7-6-16-5-4-8-23-20(16)21;;/h4-8,13H,9-12,15H2,1-3H3;4-8,13H,9-12,14H2,1-3H3;2*1H4. The van der Waals surface area contributed by atoms with Gasteiger partial charge in [0.2, 0.25) is 0 Å². The summed E-state index contributed by atoms with van der Waals surface area (Å²) in [5.74, 6) is 3.58. The fourth-order valence-electron chi connectivity index (χ4n) is 7.50. The highest BCUT2D eigenvalue weighted by atomic mass is 79.9. The van der Waals surface area contributed by atoms with Gasteiger partial charge in [-0.15, -0.1) is 0 Å². The molecule has 6 aromatic rings. The maximum Gasteiger partial charge on any atom is 0.132 e. The number of nitriles is 1. The monoisotopic (exact) mass is 859 g/mol. The van der Waals surface area contributed by atoms with Gasteiger partial charge in [-0.2, -0.15) is 5.26 Å². The topological polar surface area (TPSA) is 121 Å². The molecule has 2 saturated heterocycles. The van der Waals surface area contributed by atoms with E-state index in [1.165, 1.54) is 0 Å². The lowest BCUT2D eigenvalue weighted by Gasteiger charge is -2.33. The fourth-order valence-corrected chi connectivity index (χ4v) is 8.12. The number of piperazine rings is 2. The average Bonchev–Trinajstić information content (AvgIpc) is 3.20. The molecular formula is C45H58BrN13. The zero-order chi connectivity index (χ0) is 40.1. The molecule has 14 heteroatoms. The van der Waals surface area contributed by atoms with Crippen LogP contribution in [0.15, 0.2) is 77.5 Å². The van der Waals surface area contributed by atoms with Gasteiger partial charge < -0.3 is 29.4 Å². The summed E-state index contributed by atoms with van der Waals surface area (Å²) in [6.07, 6.45) is 3.60. The Bertz CT molecular complexity index is 2380. The van der Waals surface area contributed by atoms with Crippen LogP contribution < -0.4 is 19.6 Å². The Labute approximate surface area is 358 Å². The quantitative estimate of drug-likeness (QED) is 0.152. The van der Waals surface area contributed by atoms with E-state index < -0.39 is 0 Å². The molecular weight excluding hydrogens is 802 g/mol. The molecule has 0 amide bonds. The summed E-state index contributed by atoms with van der Waals surface area (Å²) >= 11 is 3.70. The summed E-state index contributed by atoms with van der Waals surface area (Å²) in [6, 6.07) is 22.5. The SMILES string of the molecule is C.C.Cc1nc(CN(C)c2c(Br)ccc3cccnc23)cc(N2CCN(C)CC2)n1.Cc1nc(CN(C)c2c(C#N)ccc3cccnc23)cc(N2CCN(C)CC2)n1. The van der Waals surface area contributed by atoms with E-state index in [0.717, 1.165) is 125 Å². The van der Waals surface area contributed by atoms with Gasteiger partial charge in [-0.05, 0) is 68.1 Å². The van der Waals surface area contributed by atoms with Gasteiger partial charge in [0.15, 0.2) is 0 Å². The minimum atomic E-state index is 0. The Kier molecular flexibility index (Phi) is 15.1. The molecule has 2 fully saturated rings. The van der Waals surface area contributed by atoms with Crippen molar-refractivity contribution in [3.05, 3.63) is 106 Å². The first-order valence-corrected chi connectivity index (χ1v) is 20.1. The van der Waals surface area contributed by atoms with E-state index in [4.69, 9.17) is 4.98 Å². The van der Waals surface area contributed by atoms with Gasteiger partial charge in [0.1, 0.15) is 29.4 Å². The van der Waals surface area contributed by atoms with Crippen LogP contribution in [0.2, 0.25) is 0 Å². The number of fused-ring (bicyclic) bond motifs is 2. The molecule has 0 bridgehead atoms. The molecule has 59 heavy (non-hydrogen) atoms. The lowest BCUT2D eigenvalue weighted by Crippen LogP contribution is -2.45. The summed E-state index contributed by atoms with van der Waals surface area (Å²) < 4.78 is 1.03. The van der Waals surface area contributed by atoms with Crippen molar-refractivity contribution in [1.29, 1.82) is 5.26 Å².